The van der Waals surface area contributed by atoms with E-state index >= 15 is 0 Å². The Bertz CT molecular complexity index is 548. The summed E-state index contributed by atoms with van der Waals surface area (Å²) in [5.74, 6) is 0.975. The van der Waals surface area contributed by atoms with Gasteiger partial charge in [0.1, 0.15) is 5.75 Å². The van der Waals surface area contributed by atoms with Gasteiger partial charge in [-0.25, -0.2) is 0 Å². The third kappa shape index (κ3) is 4.48. The summed E-state index contributed by atoms with van der Waals surface area (Å²) in [5.41, 5.74) is 1.09. The number of fused-ring (bicyclic) bond motifs is 1. The average Bonchev–Trinajstić information content (AvgIpc) is 2.61. The van der Waals surface area contributed by atoms with E-state index < -0.39 is 0 Å². The van der Waals surface area contributed by atoms with Crippen LogP contribution in [0, 0.1) is 0 Å². The van der Waals surface area contributed by atoms with Crippen LogP contribution >= 0.6 is 0 Å². The van der Waals surface area contributed by atoms with E-state index in [0.717, 1.165) is 30.6 Å². The predicted molar refractivity (Wildman–Crippen MR) is 91.2 cm³/mol. The molecule has 5 nitrogen and oxygen atoms in total. The number of carbonyl (C=O) groups excluding carboxylic acids is 1. The van der Waals surface area contributed by atoms with Crippen molar-refractivity contribution in [3.05, 3.63) is 29.8 Å². The molecule has 2 fully saturated rings. The van der Waals surface area contributed by atoms with Gasteiger partial charge in [-0.05, 0) is 44.2 Å². The molecule has 1 heterocycles. The number of rotatable bonds is 6. The Hall–Kier alpha value is -1.59. The van der Waals surface area contributed by atoms with Crippen molar-refractivity contribution < 1.29 is 19.0 Å². The van der Waals surface area contributed by atoms with Crippen molar-refractivity contribution in [2.75, 3.05) is 19.8 Å². The number of nitrogens with one attached hydrogen (secondary N) is 1. The molecule has 1 N–H and O–H groups in total. The molecule has 0 aromatic heterocycles. The number of hydrogen-bond acceptors (Lipinski definition) is 4. The fraction of sp³-hybridized carbons (Fsp3) is 0.632. The largest absolute Gasteiger partial charge is 0.494 e. The highest BCUT2D eigenvalue weighted by Crippen LogP contribution is 2.27. The molecule has 5 heteroatoms. The lowest BCUT2D eigenvalue weighted by Gasteiger charge is -2.39. The fourth-order valence-corrected chi connectivity index (χ4v) is 3.55. The Morgan fingerprint density at radius 1 is 1.21 bits per heavy atom. The van der Waals surface area contributed by atoms with E-state index in [9.17, 15) is 4.79 Å². The first-order chi connectivity index (χ1) is 11.8. The average molecular weight is 333 g/mol. The van der Waals surface area contributed by atoms with Crippen LogP contribution in [0.4, 0.5) is 0 Å². The molecule has 1 aliphatic carbocycles. The van der Waals surface area contributed by atoms with Crippen molar-refractivity contribution in [2.45, 2.75) is 57.3 Å². The summed E-state index contributed by atoms with van der Waals surface area (Å²) in [5, 5.41) is 3.16. The number of ether oxygens (including phenoxy) is 3. The highest BCUT2D eigenvalue weighted by atomic mass is 16.6. The Morgan fingerprint density at radius 3 is 2.83 bits per heavy atom. The van der Waals surface area contributed by atoms with Gasteiger partial charge in [0.2, 0.25) is 5.91 Å². The van der Waals surface area contributed by atoms with Crippen LogP contribution in [0.2, 0.25) is 0 Å². The molecule has 3 atom stereocenters. The van der Waals surface area contributed by atoms with E-state index in [4.69, 9.17) is 14.2 Å². The summed E-state index contributed by atoms with van der Waals surface area (Å²) in [4.78, 5) is 12.3. The number of carbonyl (C=O) groups is 1. The molecule has 1 aliphatic heterocycles. The summed E-state index contributed by atoms with van der Waals surface area (Å²) >= 11 is 0. The first kappa shape index (κ1) is 17.2. The Balaban J connectivity index is 1.46. The molecule has 1 aromatic rings. The highest BCUT2D eigenvalue weighted by Gasteiger charge is 2.34. The molecule has 0 bridgehead atoms. The standard InChI is InChI=1S/C19H27NO4/c1-2-22-16-6-4-3-5-14(16)7-10-19(21)20-15-8-9-17-18(13-15)24-12-11-23-17/h3-6,15,17-18H,2,7-13H2,1H3,(H,20,21)/t15-,17+,18-/m1/s1. The van der Waals surface area contributed by atoms with E-state index in [-0.39, 0.29) is 24.2 Å². The molecule has 132 valence electrons. The van der Waals surface area contributed by atoms with Gasteiger partial charge in [0, 0.05) is 12.5 Å². The quantitative estimate of drug-likeness (QED) is 0.869. The normalized spacial score (nSPS) is 26.5. The monoisotopic (exact) mass is 333 g/mol. The number of hydrogen-bond donors (Lipinski definition) is 1. The molecule has 24 heavy (non-hydrogen) atoms. The van der Waals surface area contributed by atoms with Gasteiger partial charge in [-0.1, -0.05) is 18.2 Å². The van der Waals surface area contributed by atoms with Crippen molar-refractivity contribution in [1.29, 1.82) is 0 Å². The van der Waals surface area contributed by atoms with Crippen LogP contribution in [0.1, 0.15) is 38.2 Å². The van der Waals surface area contributed by atoms with E-state index in [2.05, 4.69) is 5.32 Å². The molecule has 0 unspecified atom stereocenters. The third-order valence-corrected chi connectivity index (χ3v) is 4.74. The summed E-state index contributed by atoms with van der Waals surface area (Å²) in [7, 11) is 0. The van der Waals surface area contributed by atoms with Crippen LogP contribution in [0.3, 0.4) is 0 Å². The number of amides is 1. The van der Waals surface area contributed by atoms with Gasteiger partial charge >= 0.3 is 0 Å². The van der Waals surface area contributed by atoms with Crippen molar-refractivity contribution in [3.63, 3.8) is 0 Å². The SMILES string of the molecule is CCOc1ccccc1CCC(=O)N[C@@H]1CC[C@@H]2OCCO[C@@H]2C1. The van der Waals surface area contributed by atoms with E-state index in [1.54, 1.807) is 0 Å². The van der Waals surface area contributed by atoms with Gasteiger partial charge in [0.25, 0.3) is 0 Å². The Morgan fingerprint density at radius 2 is 2.00 bits per heavy atom. The first-order valence-corrected chi connectivity index (χ1v) is 8.99. The Kier molecular flexibility index (Phi) is 6.10. The van der Waals surface area contributed by atoms with E-state index in [1.165, 1.54) is 0 Å². The van der Waals surface area contributed by atoms with Gasteiger partial charge in [0.05, 0.1) is 32.0 Å². The van der Waals surface area contributed by atoms with Gasteiger partial charge in [0.15, 0.2) is 0 Å². The maximum Gasteiger partial charge on any atom is 0.220 e. The molecular formula is C19H27NO4. The lowest BCUT2D eigenvalue weighted by atomic mass is 9.89. The second-order valence-corrected chi connectivity index (χ2v) is 6.44. The lowest BCUT2D eigenvalue weighted by Crippen LogP contribution is -2.49. The first-order valence-electron chi connectivity index (χ1n) is 8.99. The van der Waals surface area contributed by atoms with Crippen molar-refractivity contribution in [1.82, 2.24) is 5.32 Å². The topological polar surface area (TPSA) is 56.8 Å². The molecule has 0 spiro atoms. The van der Waals surface area contributed by atoms with E-state index in [1.807, 2.05) is 31.2 Å². The molecule has 1 saturated heterocycles. The molecule has 1 aromatic carbocycles. The van der Waals surface area contributed by atoms with Gasteiger partial charge in [-0.3, -0.25) is 4.79 Å². The van der Waals surface area contributed by atoms with E-state index in [0.29, 0.717) is 32.7 Å². The molecule has 2 aliphatic rings. The second kappa shape index (κ2) is 8.49. The molecule has 0 radical (unpaired) electrons. The van der Waals surface area contributed by atoms with Crippen molar-refractivity contribution in [2.24, 2.45) is 0 Å². The fourth-order valence-electron chi connectivity index (χ4n) is 3.55. The Labute approximate surface area is 143 Å². The van der Waals surface area contributed by atoms with Crippen molar-refractivity contribution in [3.8, 4) is 5.75 Å². The van der Waals surface area contributed by atoms with Crippen LogP contribution in [0.15, 0.2) is 24.3 Å². The molecular weight excluding hydrogens is 306 g/mol. The van der Waals surface area contributed by atoms with Gasteiger partial charge < -0.3 is 19.5 Å². The summed E-state index contributed by atoms with van der Waals surface area (Å²) in [6.07, 6.45) is 4.30. The van der Waals surface area contributed by atoms with Crippen LogP contribution in [0.25, 0.3) is 0 Å². The minimum atomic E-state index is 0.0986. The zero-order valence-electron chi connectivity index (χ0n) is 14.3. The number of aryl methyl sites for hydroxylation is 1. The van der Waals surface area contributed by atoms with Crippen molar-refractivity contribution >= 4 is 5.91 Å². The third-order valence-electron chi connectivity index (χ3n) is 4.74. The summed E-state index contributed by atoms with van der Waals surface area (Å²) in [6, 6.07) is 8.12. The number of para-hydroxylation sites is 1. The maximum atomic E-state index is 12.3. The molecule has 1 saturated carbocycles. The van der Waals surface area contributed by atoms with Gasteiger partial charge in [-0.15, -0.1) is 0 Å². The predicted octanol–water partition coefficient (Wildman–Crippen LogP) is 2.47. The second-order valence-electron chi connectivity index (χ2n) is 6.44. The van der Waals surface area contributed by atoms with Gasteiger partial charge in [-0.2, -0.15) is 0 Å². The summed E-state index contributed by atoms with van der Waals surface area (Å²) in [6.45, 7) is 3.96. The zero-order chi connectivity index (χ0) is 16.8. The van der Waals surface area contributed by atoms with Crippen LogP contribution in [-0.2, 0) is 20.7 Å². The summed E-state index contributed by atoms with van der Waals surface area (Å²) < 4.78 is 17.1. The van der Waals surface area contributed by atoms with Crippen LogP contribution in [0.5, 0.6) is 5.75 Å². The minimum Gasteiger partial charge on any atom is -0.494 e. The zero-order valence-corrected chi connectivity index (χ0v) is 14.3. The maximum absolute atomic E-state index is 12.3. The molecule has 3 rings (SSSR count). The highest BCUT2D eigenvalue weighted by molar-refractivity contribution is 5.76. The lowest BCUT2D eigenvalue weighted by molar-refractivity contribution is -0.158. The smallest absolute Gasteiger partial charge is 0.220 e. The number of benzene rings is 1. The van der Waals surface area contributed by atoms with Crippen LogP contribution in [-0.4, -0.2) is 44.0 Å². The minimum absolute atomic E-state index is 0.0986. The van der Waals surface area contributed by atoms with Crippen LogP contribution < -0.4 is 10.1 Å². The molecule has 1 amide bonds.